The van der Waals surface area contributed by atoms with E-state index in [9.17, 15) is 4.79 Å². The van der Waals surface area contributed by atoms with Gasteiger partial charge < -0.3 is 9.80 Å². The Kier molecular flexibility index (Phi) is 6.27. The highest BCUT2D eigenvalue weighted by Gasteiger charge is 2.27. The van der Waals surface area contributed by atoms with Crippen LogP contribution >= 0.6 is 0 Å². The average molecular weight is 367 g/mol. The second kappa shape index (κ2) is 8.84. The van der Waals surface area contributed by atoms with Crippen LogP contribution in [-0.2, 0) is 6.54 Å². The molecule has 1 fully saturated rings. The molecule has 1 unspecified atom stereocenters. The molecule has 0 aromatic carbocycles. The van der Waals surface area contributed by atoms with Crippen LogP contribution in [0.25, 0.3) is 0 Å². The molecule has 0 saturated carbocycles. The minimum absolute atomic E-state index is 0.0850. The Morgan fingerprint density at radius 3 is 2.89 bits per heavy atom. The van der Waals surface area contributed by atoms with Crippen LogP contribution in [0.5, 0.6) is 0 Å². The number of rotatable bonds is 7. The van der Waals surface area contributed by atoms with E-state index in [1.165, 1.54) is 6.42 Å². The predicted molar refractivity (Wildman–Crippen MR) is 108 cm³/mol. The highest BCUT2D eigenvalue weighted by Crippen LogP contribution is 2.23. The summed E-state index contributed by atoms with van der Waals surface area (Å²) >= 11 is 0. The van der Waals surface area contributed by atoms with Gasteiger partial charge in [-0.05, 0) is 50.8 Å². The van der Waals surface area contributed by atoms with Gasteiger partial charge in [0.2, 0.25) is 0 Å². The number of pyridine rings is 1. The van der Waals surface area contributed by atoms with E-state index in [1.54, 1.807) is 12.4 Å². The molecule has 1 aliphatic heterocycles. The number of aromatic nitrogens is 3. The van der Waals surface area contributed by atoms with Crippen molar-refractivity contribution in [1.29, 1.82) is 0 Å². The number of likely N-dealkylation sites (tertiary alicyclic amines) is 1. The van der Waals surface area contributed by atoms with E-state index in [4.69, 9.17) is 0 Å². The van der Waals surface area contributed by atoms with Gasteiger partial charge in [-0.15, -0.1) is 0 Å². The second-order valence-electron chi connectivity index (χ2n) is 7.42. The fourth-order valence-corrected chi connectivity index (χ4v) is 3.67. The van der Waals surface area contributed by atoms with Gasteiger partial charge in [0, 0.05) is 51.3 Å². The Bertz CT molecular complexity index is 753. The van der Waals surface area contributed by atoms with Crippen molar-refractivity contribution in [2.45, 2.75) is 45.2 Å². The molecular formula is C21H29N5O. The van der Waals surface area contributed by atoms with Gasteiger partial charge in [-0.2, -0.15) is 5.10 Å². The van der Waals surface area contributed by atoms with Crippen molar-refractivity contribution >= 4 is 11.7 Å². The molecule has 3 heterocycles. The lowest BCUT2D eigenvalue weighted by Crippen LogP contribution is -2.44. The molecule has 3 rings (SSSR count). The van der Waals surface area contributed by atoms with Crippen LogP contribution in [0.3, 0.4) is 0 Å². The maximum absolute atomic E-state index is 13.1. The number of likely N-dealkylation sites (N-methyl/N-ethyl adjacent to an activating group) is 1. The van der Waals surface area contributed by atoms with Gasteiger partial charge in [0.25, 0.3) is 5.91 Å². The fraction of sp³-hybridized carbons (Fsp3) is 0.476. The first kappa shape index (κ1) is 19.1. The molecule has 0 aliphatic carbocycles. The highest BCUT2D eigenvalue weighted by atomic mass is 16.2. The number of amides is 1. The summed E-state index contributed by atoms with van der Waals surface area (Å²) in [6, 6.07) is 6.00. The number of hydrogen-bond donors (Lipinski definition) is 0. The molecule has 144 valence electrons. The monoisotopic (exact) mass is 367 g/mol. The van der Waals surface area contributed by atoms with Gasteiger partial charge in [0.05, 0.1) is 5.56 Å². The summed E-state index contributed by atoms with van der Waals surface area (Å²) in [5.74, 6) is 0.935. The topological polar surface area (TPSA) is 54.3 Å². The van der Waals surface area contributed by atoms with E-state index < -0.39 is 0 Å². The third kappa shape index (κ3) is 4.96. The van der Waals surface area contributed by atoms with E-state index >= 15 is 0 Å². The van der Waals surface area contributed by atoms with Gasteiger partial charge in [-0.1, -0.05) is 12.2 Å². The summed E-state index contributed by atoms with van der Waals surface area (Å²) in [6.45, 7) is 8.34. The molecule has 1 saturated heterocycles. The lowest BCUT2D eigenvalue weighted by atomic mass is 9.98. The fourth-order valence-electron chi connectivity index (χ4n) is 3.67. The first-order valence-electron chi connectivity index (χ1n) is 9.64. The smallest absolute Gasteiger partial charge is 0.255 e. The molecule has 1 amide bonds. The predicted octanol–water partition coefficient (Wildman–Crippen LogP) is 3.38. The van der Waals surface area contributed by atoms with Crippen molar-refractivity contribution in [2.75, 3.05) is 25.0 Å². The summed E-state index contributed by atoms with van der Waals surface area (Å²) in [5.41, 5.74) is 1.74. The third-order valence-corrected chi connectivity index (χ3v) is 5.03. The van der Waals surface area contributed by atoms with Crippen LogP contribution in [0.15, 0.2) is 48.9 Å². The van der Waals surface area contributed by atoms with Crippen LogP contribution in [0, 0.1) is 0 Å². The number of anilines is 1. The largest absolute Gasteiger partial charge is 0.356 e. The molecule has 2 aromatic rings. The minimum Gasteiger partial charge on any atom is -0.356 e. The Hall–Kier alpha value is -2.63. The summed E-state index contributed by atoms with van der Waals surface area (Å²) in [5, 5.41) is 4.27. The maximum atomic E-state index is 13.1. The molecule has 27 heavy (non-hydrogen) atoms. The molecule has 1 atom stereocenters. The molecule has 2 aromatic heterocycles. The molecule has 0 radical (unpaired) electrons. The standard InChI is InChI=1S/C21H29N5O/c1-17(2)16-24(3)20-9-8-18(15-22-20)21(27)26-13-5-4-7-19(26)10-14-25-12-6-11-23-25/h6,8-9,11-12,15,19H,1,4-5,7,10,13-14,16H2,2-3H3. The number of aryl methyl sites for hydroxylation is 1. The van der Waals surface area contributed by atoms with Gasteiger partial charge >= 0.3 is 0 Å². The van der Waals surface area contributed by atoms with E-state index in [0.717, 1.165) is 50.3 Å². The molecule has 6 heteroatoms. The van der Waals surface area contributed by atoms with Crippen LogP contribution in [0.2, 0.25) is 0 Å². The molecule has 0 bridgehead atoms. The zero-order valence-electron chi connectivity index (χ0n) is 16.3. The zero-order chi connectivity index (χ0) is 19.2. The van der Waals surface area contributed by atoms with Crippen LogP contribution in [-0.4, -0.2) is 51.8 Å². The van der Waals surface area contributed by atoms with E-state index in [0.29, 0.717) is 5.56 Å². The lowest BCUT2D eigenvalue weighted by molar-refractivity contribution is 0.0593. The Morgan fingerprint density at radius 2 is 2.22 bits per heavy atom. The first-order chi connectivity index (χ1) is 13.0. The van der Waals surface area contributed by atoms with E-state index in [1.807, 2.05) is 52.8 Å². The number of piperidine rings is 1. The van der Waals surface area contributed by atoms with Gasteiger partial charge in [0.1, 0.15) is 5.82 Å². The quantitative estimate of drug-likeness (QED) is 0.704. The van der Waals surface area contributed by atoms with Crippen molar-refractivity contribution in [2.24, 2.45) is 0 Å². The van der Waals surface area contributed by atoms with Crippen molar-refractivity contribution in [3.05, 3.63) is 54.5 Å². The average Bonchev–Trinajstić information content (AvgIpc) is 3.19. The number of nitrogens with zero attached hydrogens (tertiary/aromatic N) is 5. The van der Waals surface area contributed by atoms with Crippen molar-refractivity contribution in [1.82, 2.24) is 19.7 Å². The summed E-state index contributed by atoms with van der Waals surface area (Å²) in [6.07, 6.45) is 9.69. The van der Waals surface area contributed by atoms with Crippen molar-refractivity contribution < 1.29 is 4.79 Å². The van der Waals surface area contributed by atoms with Gasteiger partial charge in [-0.3, -0.25) is 9.48 Å². The SMILES string of the molecule is C=C(C)CN(C)c1ccc(C(=O)N2CCCCC2CCn2cccn2)cn1. The number of carbonyl (C=O) groups excluding carboxylic acids is 1. The normalized spacial score (nSPS) is 17.0. The van der Waals surface area contributed by atoms with Gasteiger partial charge in [0.15, 0.2) is 0 Å². The van der Waals surface area contributed by atoms with Crippen LogP contribution < -0.4 is 4.90 Å². The minimum atomic E-state index is 0.0850. The third-order valence-electron chi connectivity index (χ3n) is 5.03. The second-order valence-corrected chi connectivity index (χ2v) is 7.42. The van der Waals surface area contributed by atoms with Crippen molar-refractivity contribution in [3.8, 4) is 0 Å². The molecular weight excluding hydrogens is 338 g/mol. The summed E-state index contributed by atoms with van der Waals surface area (Å²) < 4.78 is 1.94. The zero-order valence-corrected chi connectivity index (χ0v) is 16.3. The molecule has 6 nitrogen and oxygen atoms in total. The Labute approximate surface area is 161 Å². The highest BCUT2D eigenvalue weighted by molar-refractivity contribution is 5.94. The van der Waals surface area contributed by atoms with E-state index in [2.05, 4.69) is 16.7 Å². The molecule has 0 spiro atoms. The molecule has 0 N–H and O–H groups in total. The number of carbonyl (C=O) groups is 1. The summed E-state index contributed by atoms with van der Waals surface area (Å²) in [4.78, 5) is 21.6. The Morgan fingerprint density at radius 1 is 1.37 bits per heavy atom. The van der Waals surface area contributed by atoms with Crippen LogP contribution in [0.4, 0.5) is 5.82 Å². The van der Waals surface area contributed by atoms with Crippen LogP contribution in [0.1, 0.15) is 43.0 Å². The first-order valence-corrected chi connectivity index (χ1v) is 9.64. The van der Waals surface area contributed by atoms with Gasteiger partial charge in [-0.25, -0.2) is 4.98 Å². The Balaban J connectivity index is 1.65. The van der Waals surface area contributed by atoms with E-state index in [-0.39, 0.29) is 11.9 Å². The maximum Gasteiger partial charge on any atom is 0.255 e. The van der Waals surface area contributed by atoms with Crippen molar-refractivity contribution in [3.63, 3.8) is 0 Å². The number of hydrogen-bond acceptors (Lipinski definition) is 4. The summed E-state index contributed by atoms with van der Waals surface area (Å²) in [7, 11) is 1.98. The molecule has 1 aliphatic rings. The lowest BCUT2D eigenvalue weighted by Gasteiger charge is -2.36.